The number of hydrogen-bond acceptors (Lipinski definition) is 6. The first-order chi connectivity index (χ1) is 13.6. The van der Waals surface area contributed by atoms with Crippen molar-refractivity contribution in [1.82, 2.24) is 9.97 Å². The molecule has 144 valence electrons. The molecule has 2 heterocycles. The van der Waals surface area contributed by atoms with Gasteiger partial charge >= 0.3 is 0 Å². The quantitative estimate of drug-likeness (QED) is 0.542. The number of halogens is 2. The predicted molar refractivity (Wildman–Crippen MR) is 120 cm³/mol. The van der Waals surface area contributed by atoms with Crippen LogP contribution >= 0.6 is 22.6 Å². The highest BCUT2D eigenvalue weighted by molar-refractivity contribution is 14.1. The zero-order valence-electron chi connectivity index (χ0n) is 15.1. The van der Waals surface area contributed by atoms with Crippen LogP contribution < -0.4 is 20.9 Å². The normalized spacial score (nSPS) is 14.2. The Morgan fingerprint density at radius 3 is 2.32 bits per heavy atom. The SMILES string of the molecule is Nc1c(Nc2ccc(I)cc2)ncnc1N1CCN(c2ccccc2F)CC1. The van der Waals surface area contributed by atoms with E-state index in [9.17, 15) is 4.39 Å². The first-order valence-electron chi connectivity index (χ1n) is 8.99. The molecular formula is C20H20FIN6. The lowest BCUT2D eigenvalue weighted by atomic mass is 10.2. The van der Waals surface area contributed by atoms with E-state index in [-0.39, 0.29) is 5.82 Å². The van der Waals surface area contributed by atoms with Gasteiger partial charge in [-0.2, -0.15) is 0 Å². The molecule has 2 aromatic carbocycles. The van der Waals surface area contributed by atoms with E-state index in [2.05, 4.69) is 42.8 Å². The molecule has 0 bridgehead atoms. The molecule has 1 fully saturated rings. The van der Waals surface area contributed by atoms with Gasteiger partial charge in [-0.25, -0.2) is 14.4 Å². The van der Waals surface area contributed by atoms with Gasteiger partial charge in [0, 0.05) is 35.4 Å². The monoisotopic (exact) mass is 490 g/mol. The van der Waals surface area contributed by atoms with Crippen molar-refractivity contribution in [3.63, 3.8) is 0 Å². The molecule has 0 saturated carbocycles. The zero-order valence-corrected chi connectivity index (χ0v) is 17.3. The fourth-order valence-electron chi connectivity index (χ4n) is 3.28. The summed E-state index contributed by atoms with van der Waals surface area (Å²) in [4.78, 5) is 12.8. The number of piperazine rings is 1. The van der Waals surface area contributed by atoms with E-state index < -0.39 is 0 Å². The molecule has 1 aliphatic rings. The largest absolute Gasteiger partial charge is 0.393 e. The van der Waals surface area contributed by atoms with Crippen molar-refractivity contribution in [2.75, 3.05) is 47.0 Å². The number of anilines is 5. The Morgan fingerprint density at radius 1 is 0.929 bits per heavy atom. The molecule has 0 spiro atoms. The summed E-state index contributed by atoms with van der Waals surface area (Å²) in [5.41, 5.74) is 8.43. The van der Waals surface area contributed by atoms with Crippen LogP contribution in [0.2, 0.25) is 0 Å². The van der Waals surface area contributed by atoms with E-state index in [1.165, 1.54) is 12.4 Å². The maximum atomic E-state index is 14.0. The van der Waals surface area contributed by atoms with Crippen LogP contribution in [-0.4, -0.2) is 36.1 Å². The first kappa shape index (κ1) is 18.7. The van der Waals surface area contributed by atoms with Crippen molar-refractivity contribution >= 4 is 51.3 Å². The van der Waals surface area contributed by atoms with Crippen molar-refractivity contribution in [3.05, 3.63) is 64.2 Å². The van der Waals surface area contributed by atoms with Crippen LogP contribution in [0.3, 0.4) is 0 Å². The van der Waals surface area contributed by atoms with Gasteiger partial charge in [-0.05, 0) is 59.0 Å². The Balaban J connectivity index is 1.48. The average Bonchev–Trinajstić information content (AvgIpc) is 2.72. The summed E-state index contributed by atoms with van der Waals surface area (Å²) in [6.45, 7) is 2.81. The molecule has 0 aliphatic carbocycles. The highest BCUT2D eigenvalue weighted by Crippen LogP contribution is 2.30. The molecule has 28 heavy (non-hydrogen) atoms. The molecule has 0 unspecified atom stereocenters. The van der Waals surface area contributed by atoms with Crippen molar-refractivity contribution in [3.8, 4) is 0 Å². The van der Waals surface area contributed by atoms with Gasteiger partial charge in [0.1, 0.15) is 17.8 Å². The number of hydrogen-bond donors (Lipinski definition) is 2. The van der Waals surface area contributed by atoms with Gasteiger partial charge in [-0.3, -0.25) is 0 Å². The van der Waals surface area contributed by atoms with Crippen molar-refractivity contribution < 1.29 is 4.39 Å². The second-order valence-corrected chi connectivity index (χ2v) is 7.76. The third-order valence-corrected chi connectivity index (χ3v) is 5.46. The standard InChI is InChI=1S/C20H20FIN6/c21-16-3-1-2-4-17(16)27-9-11-28(12-10-27)20-18(23)19(24-13-25-20)26-15-7-5-14(22)6-8-15/h1-8,13H,9-12,23H2,(H,24,25,26). The van der Waals surface area contributed by atoms with Gasteiger partial charge in [0.15, 0.2) is 11.6 Å². The highest BCUT2D eigenvalue weighted by Gasteiger charge is 2.22. The smallest absolute Gasteiger partial charge is 0.159 e. The molecule has 0 amide bonds. The molecule has 1 aromatic heterocycles. The third kappa shape index (κ3) is 3.96. The summed E-state index contributed by atoms with van der Waals surface area (Å²) >= 11 is 2.26. The fraction of sp³-hybridized carbons (Fsp3) is 0.200. The van der Waals surface area contributed by atoms with Gasteiger partial charge in [-0.1, -0.05) is 12.1 Å². The summed E-state index contributed by atoms with van der Waals surface area (Å²) in [6.07, 6.45) is 1.52. The summed E-state index contributed by atoms with van der Waals surface area (Å²) < 4.78 is 15.2. The number of nitrogens with one attached hydrogen (secondary N) is 1. The summed E-state index contributed by atoms with van der Waals surface area (Å²) in [5.74, 6) is 1.10. The maximum absolute atomic E-state index is 14.0. The predicted octanol–water partition coefficient (Wildman–Crippen LogP) is 3.87. The van der Waals surface area contributed by atoms with Crippen LogP contribution in [0.25, 0.3) is 0 Å². The van der Waals surface area contributed by atoms with E-state index in [0.717, 1.165) is 9.26 Å². The summed E-state index contributed by atoms with van der Waals surface area (Å²) in [5, 5.41) is 3.25. The van der Waals surface area contributed by atoms with Crippen LogP contribution in [0.5, 0.6) is 0 Å². The lowest BCUT2D eigenvalue weighted by molar-refractivity contribution is 0.596. The Hall–Kier alpha value is -2.62. The van der Waals surface area contributed by atoms with E-state index >= 15 is 0 Å². The Morgan fingerprint density at radius 2 is 1.61 bits per heavy atom. The first-order valence-corrected chi connectivity index (χ1v) is 10.1. The van der Waals surface area contributed by atoms with Crippen molar-refractivity contribution in [1.29, 1.82) is 0 Å². The number of rotatable bonds is 4. The van der Waals surface area contributed by atoms with Gasteiger partial charge < -0.3 is 20.9 Å². The Kier molecular flexibility index (Phi) is 5.47. The second-order valence-electron chi connectivity index (χ2n) is 6.52. The Labute approximate surface area is 176 Å². The zero-order chi connectivity index (χ0) is 19.5. The molecule has 3 aromatic rings. The Bertz CT molecular complexity index is 957. The molecule has 4 rings (SSSR count). The second kappa shape index (κ2) is 8.17. The number of benzene rings is 2. The molecule has 0 radical (unpaired) electrons. The summed E-state index contributed by atoms with van der Waals surface area (Å²) in [7, 11) is 0. The van der Waals surface area contributed by atoms with E-state index in [1.54, 1.807) is 6.07 Å². The van der Waals surface area contributed by atoms with Gasteiger partial charge in [-0.15, -0.1) is 0 Å². The number of aromatic nitrogens is 2. The van der Waals surface area contributed by atoms with Gasteiger partial charge in [0.05, 0.1) is 5.69 Å². The molecular weight excluding hydrogens is 470 g/mol. The van der Waals surface area contributed by atoms with Crippen LogP contribution in [-0.2, 0) is 0 Å². The molecule has 6 nitrogen and oxygen atoms in total. The minimum absolute atomic E-state index is 0.193. The molecule has 1 saturated heterocycles. The fourth-order valence-corrected chi connectivity index (χ4v) is 3.63. The van der Waals surface area contributed by atoms with Gasteiger partial charge in [0.25, 0.3) is 0 Å². The number of nitrogen functional groups attached to an aromatic ring is 1. The molecule has 1 aliphatic heterocycles. The topological polar surface area (TPSA) is 70.3 Å². The molecule has 8 heteroatoms. The highest BCUT2D eigenvalue weighted by atomic mass is 127. The van der Waals surface area contributed by atoms with Crippen molar-refractivity contribution in [2.24, 2.45) is 0 Å². The van der Waals surface area contributed by atoms with Gasteiger partial charge in [0.2, 0.25) is 0 Å². The van der Waals surface area contributed by atoms with Crippen molar-refractivity contribution in [2.45, 2.75) is 0 Å². The minimum atomic E-state index is -0.193. The minimum Gasteiger partial charge on any atom is -0.393 e. The van der Waals surface area contributed by atoms with Crippen LogP contribution in [0.15, 0.2) is 54.9 Å². The summed E-state index contributed by atoms with van der Waals surface area (Å²) in [6, 6.07) is 14.9. The van der Waals surface area contributed by atoms with Crippen LogP contribution in [0.4, 0.5) is 33.1 Å². The maximum Gasteiger partial charge on any atom is 0.159 e. The third-order valence-electron chi connectivity index (χ3n) is 4.74. The molecule has 0 atom stereocenters. The van der Waals surface area contributed by atoms with Crippen LogP contribution in [0, 0.1) is 9.39 Å². The average molecular weight is 490 g/mol. The van der Waals surface area contributed by atoms with E-state index in [0.29, 0.717) is 49.2 Å². The van der Waals surface area contributed by atoms with E-state index in [4.69, 9.17) is 5.73 Å². The molecule has 3 N–H and O–H groups in total. The lowest BCUT2D eigenvalue weighted by Gasteiger charge is -2.37. The van der Waals surface area contributed by atoms with Crippen LogP contribution in [0.1, 0.15) is 0 Å². The van der Waals surface area contributed by atoms with E-state index in [1.807, 2.05) is 41.3 Å². The lowest BCUT2D eigenvalue weighted by Crippen LogP contribution is -2.47. The number of nitrogens with zero attached hydrogens (tertiary/aromatic N) is 4. The number of para-hydroxylation sites is 1. The number of nitrogens with two attached hydrogens (primary N) is 1.